The van der Waals surface area contributed by atoms with Crippen LogP contribution in [0.1, 0.15) is 1.43 Å². The molecular weight excluding hydrogens is 473 g/mol. The predicted molar refractivity (Wildman–Crippen MR) is 31.8 cm³/mol. The number of hydrogen-bond acceptors (Lipinski definition) is 0. The second-order valence-corrected chi connectivity index (χ2v) is 0. The summed E-state index contributed by atoms with van der Waals surface area (Å²) in [4.78, 5) is 0. The van der Waals surface area contributed by atoms with E-state index in [9.17, 15) is 0 Å². The predicted octanol–water partition coefficient (Wildman–Crippen LogP) is -7.73. The minimum absolute atomic E-state index is 0. The van der Waals surface area contributed by atoms with E-state index >= 15 is 0 Å². The van der Waals surface area contributed by atoms with Crippen LogP contribution < -0.4 is 18.9 Å². The van der Waals surface area contributed by atoms with Crippen LogP contribution in [0.15, 0.2) is 0 Å². The maximum Gasteiger partial charge on any atom is 1.00 e. The second-order valence-electron chi connectivity index (χ2n) is 0. The summed E-state index contributed by atoms with van der Waals surface area (Å²) in [6.45, 7) is 0. The van der Waals surface area contributed by atoms with E-state index in [4.69, 9.17) is 0 Å². The molecule has 0 rings (SSSR count). The van der Waals surface area contributed by atoms with Crippen LogP contribution >= 0.6 is 0 Å². The molecular formula is H13Bi2LiO3. The zero-order valence-corrected chi connectivity index (χ0v) is 14.9. The molecule has 0 aromatic carbocycles. The van der Waals surface area contributed by atoms with E-state index in [1.807, 2.05) is 0 Å². The molecule has 3 nitrogen and oxygen atoms in total. The number of hydrogen-bond donors (Lipinski definition) is 0. The third kappa shape index (κ3) is 34.1. The molecule has 6 N–H and O–H groups in total. The maximum atomic E-state index is 0. The summed E-state index contributed by atoms with van der Waals surface area (Å²) in [5.41, 5.74) is 0. The first-order chi connectivity index (χ1) is 0. The molecule has 0 saturated carbocycles. The van der Waals surface area contributed by atoms with Crippen molar-refractivity contribution < 1.29 is 36.7 Å². The smallest absolute Gasteiger partial charge is 1.00 e. The van der Waals surface area contributed by atoms with Gasteiger partial charge in [-0.25, -0.2) is 0 Å². The van der Waals surface area contributed by atoms with Crippen LogP contribution in [0.25, 0.3) is 0 Å². The Balaban J connectivity index is 0. The summed E-state index contributed by atoms with van der Waals surface area (Å²) in [7, 11) is 0. The van der Waals surface area contributed by atoms with E-state index in [1.165, 1.54) is 0 Å². The van der Waals surface area contributed by atoms with Crippen LogP contribution in [0.4, 0.5) is 0 Å². The fraction of sp³-hybridized carbons (Fsp3) is 0. The summed E-state index contributed by atoms with van der Waals surface area (Å²) < 4.78 is 0. The average molecular weight is 486 g/mol. The van der Waals surface area contributed by atoms with Crippen LogP contribution in [0.2, 0.25) is 0 Å². The van der Waals surface area contributed by atoms with Crippen molar-refractivity contribution in [2.45, 2.75) is 0 Å². The first-order valence-corrected chi connectivity index (χ1v) is 0. The zero-order chi connectivity index (χ0) is 0. The van der Waals surface area contributed by atoms with Gasteiger partial charge in [-0.15, -0.1) is 0 Å². The summed E-state index contributed by atoms with van der Waals surface area (Å²) in [5, 5.41) is 0. The van der Waals surface area contributed by atoms with Gasteiger partial charge in [-0.1, -0.05) is 0 Å². The molecule has 0 radical (unpaired) electrons. The summed E-state index contributed by atoms with van der Waals surface area (Å²) in [6, 6.07) is 0. The fourth-order valence-electron chi connectivity index (χ4n) is 0. The minimum Gasteiger partial charge on any atom is -1.00 e. The first kappa shape index (κ1) is 85.9. The van der Waals surface area contributed by atoms with Crippen molar-refractivity contribution in [3.05, 3.63) is 0 Å². The van der Waals surface area contributed by atoms with Gasteiger partial charge in [0.05, 0.1) is 0 Å². The molecule has 0 amide bonds. The Hall–Kier alpha value is 2.24. The van der Waals surface area contributed by atoms with Crippen molar-refractivity contribution in [1.82, 2.24) is 0 Å². The van der Waals surface area contributed by atoms with Gasteiger partial charge in [0.1, 0.15) is 0 Å². The Morgan fingerprint density at radius 1 is 0.667 bits per heavy atom. The first-order valence-electron chi connectivity index (χ1n) is 0. The van der Waals surface area contributed by atoms with Gasteiger partial charge in [-0.3, -0.25) is 0 Å². The van der Waals surface area contributed by atoms with Crippen molar-refractivity contribution >= 4 is 52.4 Å². The molecule has 0 heterocycles. The van der Waals surface area contributed by atoms with Crippen LogP contribution in [0, 0.1) is 0 Å². The van der Waals surface area contributed by atoms with E-state index in [2.05, 4.69) is 0 Å². The Morgan fingerprint density at radius 2 is 0.667 bits per heavy atom. The topological polar surface area (TPSA) is 94.5 Å². The van der Waals surface area contributed by atoms with Crippen molar-refractivity contribution in [3.8, 4) is 0 Å². The van der Waals surface area contributed by atoms with Gasteiger partial charge in [-0.05, 0) is 0 Å². The molecule has 0 saturated heterocycles. The van der Waals surface area contributed by atoms with Crippen LogP contribution in [0.3, 0.4) is 0 Å². The Morgan fingerprint density at radius 3 is 0.667 bits per heavy atom. The zero-order valence-electron chi connectivity index (χ0n) is 4.91. The molecule has 0 aromatic heterocycles. The van der Waals surface area contributed by atoms with Gasteiger partial charge in [0.2, 0.25) is 0 Å². The summed E-state index contributed by atoms with van der Waals surface area (Å²) in [6.07, 6.45) is 0. The van der Waals surface area contributed by atoms with Gasteiger partial charge in [-0.2, -0.15) is 0 Å². The van der Waals surface area contributed by atoms with Crippen molar-refractivity contribution in [1.29, 1.82) is 0 Å². The average Bonchev–Trinajstić information content (AvgIpc) is 0. The second kappa shape index (κ2) is 56.1. The van der Waals surface area contributed by atoms with E-state index in [0.717, 1.165) is 0 Å². The van der Waals surface area contributed by atoms with Gasteiger partial charge >= 0.3 is 71.3 Å². The van der Waals surface area contributed by atoms with E-state index < -0.39 is 0 Å². The van der Waals surface area contributed by atoms with Gasteiger partial charge in [0, 0.05) is 0 Å². The molecule has 0 bridgehead atoms. The van der Waals surface area contributed by atoms with E-state index in [0.29, 0.717) is 0 Å². The molecule has 0 fully saturated rings. The quantitative estimate of drug-likeness (QED) is 0.305. The molecule has 0 aromatic rings. The Labute approximate surface area is 88.1 Å². The van der Waals surface area contributed by atoms with Gasteiger partial charge < -0.3 is 17.9 Å². The van der Waals surface area contributed by atoms with Crippen LogP contribution in [-0.4, -0.2) is 68.8 Å². The molecule has 0 unspecified atom stereocenters. The van der Waals surface area contributed by atoms with E-state index in [-0.39, 0.29) is 89.1 Å². The van der Waals surface area contributed by atoms with Gasteiger partial charge in [0.15, 0.2) is 0 Å². The molecule has 0 aliphatic heterocycles. The van der Waals surface area contributed by atoms with Gasteiger partial charge in [0.25, 0.3) is 0 Å². The molecule has 0 aliphatic carbocycles. The third-order valence-electron chi connectivity index (χ3n) is 0. The number of rotatable bonds is 0. The largest absolute Gasteiger partial charge is 1.00 e. The molecule has 0 atom stereocenters. The SMILES string of the molecule is O.O.O.[BiH3].[BiH3].[H-].[Li+]. The Bertz CT molecular complexity index is 12.9. The van der Waals surface area contributed by atoms with Crippen LogP contribution in [0.5, 0.6) is 0 Å². The summed E-state index contributed by atoms with van der Waals surface area (Å²) in [5.74, 6) is 0. The van der Waals surface area contributed by atoms with Crippen molar-refractivity contribution in [2.75, 3.05) is 0 Å². The molecule has 6 heteroatoms. The molecule has 42 valence electrons. The summed E-state index contributed by atoms with van der Waals surface area (Å²) >= 11 is 0. The van der Waals surface area contributed by atoms with Crippen LogP contribution in [-0.2, 0) is 0 Å². The minimum atomic E-state index is 0. The normalized spacial score (nSPS) is 0. The Kier molecular flexibility index (Phi) is 803. The molecule has 6 heavy (non-hydrogen) atoms. The monoisotopic (exact) mass is 486 g/mol. The van der Waals surface area contributed by atoms with E-state index in [1.54, 1.807) is 0 Å². The third-order valence-corrected chi connectivity index (χ3v) is 0. The fourth-order valence-corrected chi connectivity index (χ4v) is 0. The van der Waals surface area contributed by atoms with Crippen molar-refractivity contribution in [3.63, 3.8) is 0 Å². The van der Waals surface area contributed by atoms with Crippen molar-refractivity contribution in [2.24, 2.45) is 0 Å². The molecule has 0 spiro atoms. The molecule has 0 aliphatic rings. The standard InChI is InChI=1S/2Bi.Li.3H2O.7H/h;;;3*1H2;;;;;;;/q;;+1;;;;;;;;;;-1. The maximum absolute atomic E-state index is 0.